The number of halogens is 1. The van der Waals surface area contributed by atoms with E-state index in [4.69, 9.17) is 9.15 Å². The molecule has 8 nitrogen and oxygen atoms in total. The summed E-state index contributed by atoms with van der Waals surface area (Å²) in [6, 6.07) is 13.4. The van der Waals surface area contributed by atoms with Crippen LogP contribution in [0.4, 0.5) is 10.1 Å². The van der Waals surface area contributed by atoms with E-state index in [1.54, 1.807) is 12.1 Å². The fourth-order valence-electron chi connectivity index (χ4n) is 2.61. The van der Waals surface area contributed by atoms with Crippen LogP contribution in [0.15, 0.2) is 76.2 Å². The van der Waals surface area contributed by atoms with Gasteiger partial charge in [-0.2, -0.15) is 0 Å². The summed E-state index contributed by atoms with van der Waals surface area (Å²) < 4.78 is 50.7. The van der Waals surface area contributed by atoms with Gasteiger partial charge in [0.2, 0.25) is 0 Å². The van der Waals surface area contributed by atoms with E-state index in [0.29, 0.717) is 5.76 Å². The predicted molar refractivity (Wildman–Crippen MR) is 109 cm³/mol. The Balaban J connectivity index is 1.67. The molecule has 0 atom stereocenters. The third-order valence-corrected chi connectivity index (χ3v) is 5.62. The summed E-state index contributed by atoms with van der Waals surface area (Å²) in [4.78, 5) is 25.8. The largest absolute Gasteiger partial charge is 0.467 e. The second-order valence-corrected chi connectivity index (χ2v) is 8.19. The molecular weight excluding hydrogens is 427 g/mol. The van der Waals surface area contributed by atoms with Gasteiger partial charge in [-0.15, -0.1) is 0 Å². The van der Waals surface area contributed by atoms with Crippen molar-refractivity contribution in [2.75, 3.05) is 18.4 Å². The van der Waals surface area contributed by atoms with Crippen LogP contribution in [0, 0.1) is 5.82 Å². The summed E-state index contributed by atoms with van der Waals surface area (Å²) in [5, 5.41) is 0. The summed E-state index contributed by atoms with van der Waals surface area (Å²) in [6.07, 6.45) is 1.48. The van der Waals surface area contributed by atoms with Crippen LogP contribution in [0.25, 0.3) is 0 Å². The SMILES string of the molecule is CN(Cc1ccco1)C(=O)COC(=O)c1ccccc1NS(=O)(=O)c1ccc(F)cc1. The number of furan rings is 1. The summed E-state index contributed by atoms with van der Waals surface area (Å²) in [7, 11) is -2.54. The van der Waals surface area contributed by atoms with Crippen molar-refractivity contribution in [3.8, 4) is 0 Å². The summed E-state index contributed by atoms with van der Waals surface area (Å²) in [6.45, 7) is -0.327. The molecule has 1 aromatic heterocycles. The average Bonchev–Trinajstić information content (AvgIpc) is 3.25. The lowest BCUT2D eigenvalue weighted by atomic mass is 10.2. The Morgan fingerprint density at radius 1 is 1.06 bits per heavy atom. The number of sulfonamides is 1. The van der Waals surface area contributed by atoms with Crippen LogP contribution >= 0.6 is 0 Å². The molecule has 0 saturated carbocycles. The molecule has 0 aliphatic rings. The zero-order chi connectivity index (χ0) is 22.4. The van der Waals surface area contributed by atoms with Crippen molar-refractivity contribution in [2.24, 2.45) is 0 Å². The van der Waals surface area contributed by atoms with E-state index in [0.717, 1.165) is 24.3 Å². The van der Waals surface area contributed by atoms with E-state index in [1.165, 1.54) is 42.5 Å². The van der Waals surface area contributed by atoms with Gasteiger partial charge in [-0.3, -0.25) is 9.52 Å². The topological polar surface area (TPSA) is 106 Å². The first-order valence-corrected chi connectivity index (χ1v) is 10.6. The fourth-order valence-corrected chi connectivity index (χ4v) is 3.69. The molecule has 0 radical (unpaired) electrons. The van der Waals surface area contributed by atoms with Crippen molar-refractivity contribution in [2.45, 2.75) is 11.4 Å². The number of para-hydroxylation sites is 1. The highest BCUT2D eigenvalue weighted by atomic mass is 32.2. The molecule has 3 rings (SSSR count). The quantitative estimate of drug-likeness (QED) is 0.533. The number of ether oxygens (including phenoxy) is 1. The van der Waals surface area contributed by atoms with Crippen molar-refractivity contribution in [1.29, 1.82) is 0 Å². The highest BCUT2D eigenvalue weighted by Gasteiger charge is 2.21. The van der Waals surface area contributed by atoms with Crippen LogP contribution in [0.2, 0.25) is 0 Å². The zero-order valence-electron chi connectivity index (χ0n) is 16.4. The third kappa shape index (κ3) is 5.70. The number of rotatable bonds is 8. The van der Waals surface area contributed by atoms with Gasteiger partial charge in [-0.1, -0.05) is 12.1 Å². The number of amides is 1. The third-order valence-electron chi connectivity index (χ3n) is 4.24. The fraction of sp³-hybridized carbons (Fsp3) is 0.143. The lowest BCUT2D eigenvalue weighted by molar-refractivity contribution is -0.133. The van der Waals surface area contributed by atoms with Gasteiger partial charge >= 0.3 is 5.97 Å². The second-order valence-electron chi connectivity index (χ2n) is 6.51. The monoisotopic (exact) mass is 446 g/mol. The smallest absolute Gasteiger partial charge is 0.340 e. The predicted octanol–water partition coefficient (Wildman–Crippen LogP) is 3.03. The first-order chi connectivity index (χ1) is 14.8. The van der Waals surface area contributed by atoms with Gasteiger partial charge in [0.15, 0.2) is 6.61 Å². The standard InChI is InChI=1S/C21H19FN2O6S/c1-24(13-16-5-4-12-29-16)20(25)14-30-21(26)18-6-2-3-7-19(18)23-31(27,28)17-10-8-15(22)9-11-17/h2-12,23H,13-14H2,1H3. The molecule has 1 amide bonds. The Morgan fingerprint density at radius 2 is 1.77 bits per heavy atom. The van der Waals surface area contributed by atoms with Crippen LogP contribution in [0.1, 0.15) is 16.1 Å². The maximum Gasteiger partial charge on any atom is 0.340 e. The van der Waals surface area contributed by atoms with E-state index in [-0.39, 0.29) is 22.7 Å². The maximum absolute atomic E-state index is 13.1. The lowest BCUT2D eigenvalue weighted by Crippen LogP contribution is -2.30. The molecule has 0 bridgehead atoms. The van der Waals surface area contributed by atoms with Crippen LogP contribution in [-0.4, -0.2) is 38.8 Å². The molecule has 31 heavy (non-hydrogen) atoms. The molecular formula is C21H19FN2O6S. The van der Waals surface area contributed by atoms with Gasteiger partial charge in [-0.25, -0.2) is 17.6 Å². The molecule has 1 N–H and O–H groups in total. The molecule has 0 aliphatic carbocycles. The van der Waals surface area contributed by atoms with Crippen molar-refractivity contribution in [3.63, 3.8) is 0 Å². The average molecular weight is 446 g/mol. The molecule has 0 saturated heterocycles. The maximum atomic E-state index is 13.1. The number of hydrogen-bond donors (Lipinski definition) is 1. The number of carbonyl (C=O) groups excluding carboxylic acids is 2. The molecule has 0 unspecified atom stereocenters. The number of likely N-dealkylation sites (N-methyl/N-ethyl adjacent to an activating group) is 1. The van der Waals surface area contributed by atoms with Gasteiger partial charge in [0.05, 0.1) is 29.0 Å². The number of anilines is 1. The van der Waals surface area contributed by atoms with Gasteiger partial charge in [0.1, 0.15) is 11.6 Å². The van der Waals surface area contributed by atoms with Gasteiger partial charge < -0.3 is 14.1 Å². The second kappa shape index (κ2) is 9.43. The summed E-state index contributed by atoms with van der Waals surface area (Å²) in [5.41, 5.74) is -0.108. The Morgan fingerprint density at radius 3 is 2.45 bits per heavy atom. The van der Waals surface area contributed by atoms with Crippen molar-refractivity contribution >= 4 is 27.6 Å². The Hall–Kier alpha value is -3.66. The Labute approximate surface area is 178 Å². The summed E-state index contributed by atoms with van der Waals surface area (Å²) in [5.74, 6) is -1.35. The van der Waals surface area contributed by atoms with Crippen LogP contribution in [0.5, 0.6) is 0 Å². The minimum atomic E-state index is -4.07. The molecule has 2 aromatic carbocycles. The van der Waals surface area contributed by atoms with E-state index in [9.17, 15) is 22.4 Å². The first kappa shape index (κ1) is 22.0. The molecule has 0 fully saturated rings. The van der Waals surface area contributed by atoms with E-state index in [2.05, 4.69) is 4.72 Å². The minimum absolute atomic E-state index is 0.0341. The Kier molecular flexibility index (Phi) is 6.71. The number of carbonyl (C=O) groups is 2. The van der Waals surface area contributed by atoms with Crippen molar-refractivity contribution in [3.05, 3.63) is 84.1 Å². The zero-order valence-corrected chi connectivity index (χ0v) is 17.3. The molecule has 10 heteroatoms. The number of nitrogens with zero attached hydrogens (tertiary/aromatic N) is 1. The minimum Gasteiger partial charge on any atom is -0.467 e. The number of esters is 1. The van der Waals surface area contributed by atoms with Crippen LogP contribution < -0.4 is 4.72 Å². The van der Waals surface area contributed by atoms with Gasteiger partial charge in [-0.05, 0) is 48.5 Å². The van der Waals surface area contributed by atoms with E-state index >= 15 is 0 Å². The first-order valence-electron chi connectivity index (χ1n) is 9.07. The molecule has 0 spiro atoms. The van der Waals surface area contributed by atoms with Gasteiger partial charge in [0.25, 0.3) is 15.9 Å². The highest BCUT2D eigenvalue weighted by molar-refractivity contribution is 7.92. The summed E-state index contributed by atoms with van der Waals surface area (Å²) >= 11 is 0. The number of benzene rings is 2. The Bertz CT molecular complexity index is 1160. The van der Waals surface area contributed by atoms with Crippen molar-refractivity contribution < 1.29 is 31.6 Å². The molecule has 0 aliphatic heterocycles. The molecule has 162 valence electrons. The van der Waals surface area contributed by atoms with E-state index < -0.39 is 34.3 Å². The van der Waals surface area contributed by atoms with Gasteiger partial charge in [0, 0.05) is 7.05 Å². The molecule has 1 heterocycles. The van der Waals surface area contributed by atoms with Crippen LogP contribution in [-0.2, 0) is 26.1 Å². The normalized spacial score (nSPS) is 11.0. The van der Waals surface area contributed by atoms with Crippen molar-refractivity contribution in [1.82, 2.24) is 4.90 Å². The lowest BCUT2D eigenvalue weighted by Gasteiger charge is -2.16. The number of hydrogen-bond acceptors (Lipinski definition) is 6. The highest BCUT2D eigenvalue weighted by Crippen LogP contribution is 2.21. The molecule has 3 aromatic rings. The van der Waals surface area contributed by atoms with Crippen LogP contribution in [0.3, 0.4) is 0 Å². The number of nitrogens with one attached hydrogen (secondary N) is 1. The van der Waals surface area contributed by atoms with E-state index in [1.807, 2.05) is 0 Å².